The molecule has 132 valence electrons. The normalized spacial score (nSPS) is 11.3. The SMILES string of the molecule is Nc1nc2ccc(Oc3ccnc(-c4cnn(CC(F)F)c4)c3)cc2s1. The van der Waals surface area contributed by atoms with Crippen molar-refractivity contribution in [3.05, 3.63) is 48.9 Å². The molecule has 9 heteroatoms. The number of pyridine rings is 1. The van der Waals surface area contributed by atoms with Gasteiger partial charge < -0.3 is 10.5 Å². The minimum atomic E-state index is -2.46. The van der Waals surface area contributed by atoms with Gasteiger partial charge in [0.15, 0.2) is 5.13 Å². The Labute approximate surface area is 150 Å². The van der Waals surface area contributed by atoms with Crippen LogP contribution < -0.4 is 10.5 Å². The molecule has 3 heterocycles. The molecular formula is C17H13F2N5OS. The molecule has 0 aliphatic heterocycles. The first-order valence-electron chi connectivity index (χ1n) is 7.68. The van der Waals surface area contributed by atoms with Gasteiger partial charge in [-0.25, -0.2) is 13.8 Å². The molecule has 0 atom stereocenters. The summed E-state index contributed by atoms with van der Waals surface area (Å²) in [7, 11) is 0. The van der Waals surface area contributed by atoms with Crippen molar-refractivity contribution in [3.8, 4) is 22.8 Å². The Morgan fingerprint density at radius 3 is 2.88 bits per heavy atom. The number of halogens is 2. The van der Waals surface area contributed by atoms with Gasteiger partial charge in [-0.3, -0.25) is 9.67 Å². The third-order valence-electron chi connectivity index (χ3n) is 3.60. The van der Waals surface area contributed by atoms with Gasteiger partial charge in [0.1, 0.15) is 18.0 Å². The highest BCUT2D eigenvalue weighted by Gasteiger charge is 2.09. The van der Waals surface area contributed by atoms with Gasteiger partial charge in [-0.2, -0.15) is 5.10 Å². The number of nitrogens with zero attached hydrogens (tertiary/aromatic N) is 4. The molecule has 0 radical (unpaired) electrons. The van der Waals surface area contributed by atoms with Crippen LogP contribution in [0.3, 0.4) is 0 Å². The van der Waals surface area contributed by atoms with Crippen LogP contribution in [0.5, 0.6) is 11.5 Å². The van der Waals surface area contributed by atoms with Gasteiger partial charge in [-0.1, -0.05) is 11.3 Å². The Morgan fingerprint density at radius 2 is 2.04 bits per heavy atom. The monoisotopic (exact) mass is 373 g/mol. The lowest BCUT2D eigenvalue weighted by Crippen LogP contribution is -2.06. The number of hydrogen-bond acceptors (Lipinski definition) is 6. The van der Waals surface area contributed by atoms with Crippen molar-refractivity contribution in [2.75, 3.05) is 5.73 Å². The number of hydrogen-bond donors (Lipinski definition) is 1. The van der Waals surface area contributed by atoms with Crippen molar-refractivity contribution < 1.29 is 13.5 Å². The van der Waals surface area contributed by atoms with Gasteiger partial charge in [0.25, 0.3) is 6.43 Å². The van der Waals surface area contributed by atoms with E-state index in [1.54, 1.807) is 18.3 Å². The number of alkyl halides is 2. The summed E-state index contributed by atoms with van der Waals surface area (Å²) in [4.78, 5) is 8.46. The average molecular weight is 373 g/mol. The van der Waals surface area contributed by atoms with Crippen molar-refractivity contribution in [2.24, 2.45) is 0 Å². The predicted octanol–water partition coefficient (Wildman–Crippen LogP) is 4.19. The summed E-state index contributed by atoms with van der Waals surface area (Å²) < 4.78 is 32.9. The zero-order valence-electron chi connectivity index (χ0n) is 13.3. The summed E-state index contributed by atoms with van der Waals surface area (Å²) in [6.45, 7) is -0.450. The van der Waals surface area contributed by atoms with Crippen molar-refractivity contribution >= 4 is 26.7 Å². The molecule has 0 amide bonds. The standard InChI is InChI=1S/C17H13F2N5OS/c18-16(19)9-24-8-10(7-22-24)14-5-12(3-4-21-14)25-11-1-2-13-15(6-11)26-17(20)23-13/h1-8,16H,9H2,(H2,20,23). The number of thiazole rings is 1. The largest absolute Gasteiger partial charge is 0.457 e. The fraction of sp³-hybridized carbons (Fsp3) is 0.118. The molecule has 0 spiro atoms. The minimum Gasteiger partial charge on any atom is -0.457 e. The van der Waals surface area contributed by atoms with E-state index < -0.39 is 13.0 Å². The fourth-order valence-electron chi connectivity index (χ4n) is 2.49. The lowest BCUT2D eigenvalue weighted by Gasteiger charge is -2.06. The molecule has 4 aromatic rings. The van der Waals surface area contributed by atoms with Crippen molar-refractivity contribution in [3.63, 3.8) is 0 Å². The van der Waals surface area contributed by atoms with Crippen LogP contribution in [0.4, 0.5) is 13.9 Å². The highest BCUT2D eigenvalue weighted by molar-refractivity contribution is 7.22. The summed E-state index contributed by atoms with van der Waals surface area (Å²) in [5.41, 5.74) is 7.76. The Bertz CT molecular complexity index is 1060. The number of ether oxygens (including phenoxy) is 1. The van der Waals surface area contributed by atoms with Crippen molar-refractivity contribution in [2.45, 2.75) is 13.0 Å². The third-order valence-corrected chi connectivity index (χ3v) is 4.44. The molecule has 0 saturated carbocycles. The van der Waals surface area contributed by atoms with Crippen LogP contribution in [0.2, 0.25) is 0 Å². The summed E-state index contributed by atoms with van der Waals surface area (Å²) in [6, 6.07) is 8.97. The topological polar surface area (TPSA) is 78.8 Å². The van der Waals surface area contributed by atoms with E-state index in [1.165, 1.54) is 28.4 Å². The molecule has 4 rings (SSSR count). The van der Waals surface area contributed by atoms with Gasteiger partial charge in [-0.15, -0.1) is 0 Å². The maximum atomic E-state index is 12.4. The number of nitrogen functional groups attached to an aromatic ring is 1. The van der Waals surface area contributed by atoms with E-state index in [9.17, 15) is 8.78 Å². The molecule has 0 bridgehead atoms. The lowest BCUT2D eigenvalue weighted by molar-refractivity contribution is 0.122. The maximum Gasteiger partial charge on any atom is 0.257 e. The van der Waals surface area contributed by atoms with E-state index in [-0.39, 0.29) is 0 Å². The average Bonchev–Trinajstić information content (AvgIpc) is 3.20. The third kappa shape index (κ3) is 3.47. The molecule has 0 aliphatic rings. The van der Waals surface area contributed by atoms with Gasteiger partial charge >= 0.3 is 0 Å². The van der Waals surface area contributed by atoms with Crippen LogP contribution in [0.15, 0.2) is 48.9 Å². The molecule has 0 fully saturated rings. The van der Waals surface area contributed by atoms with E-state index in [0.29, 0.717) is 27.9 Å². The first-order chi connectivity index (χ1) is 12.6. The fourth-order valence-corrected chi connectivity index (χ4v) is 3.25. The molecule has 26 heavy (non-hydrogen) atoms. The lowest BCUT2D eigenvalue weighted by atomic mass is 10.2. The summed E-state index contributed by atoms with van der Waals surface area (Å²) in [6.07, 6.45) is 2.17. The maximum absolute atomic E-state index is 12.4. The molecule has 6 nitrogen and oxygen atoms in total. The quantitative estimate of drug-likeness (QED) is 0.567. The Balaban J connectivity index is 1.57. The number of rotatable bonds is 5. The summed E-state index contributed by atoms with van der Waals surface area (Å²) >= 11 is 1.39. The summed E-state index contributed by atoms with van der Waals surface area (Å²) in [5, 5.41) is 4.43. The van der Waals surface area contributed by atoms with E-state index in [4.69, 9.17) is 10.5 Å². The first kappa shape index (κ1) is 16.4. The Morgan fingerprint density at radius 1 is 1.19 bits per heavy atom. The van der Waals surface area contributed by atoms with E-state index in [2.05, 4.69) is 15.1 Å². The second-order valence-corrected chi connectivity index (χ2v) is 6.56. The van der Waals surface area contributed by atoms with E-state index in [1.807, 2.05) is 18.2 Å². The molecule has 2 N–H and O–H groups in total. The molecule has 1 aromatic carbocycles. The second-order valence-electron chi connectivity index (χ2n) is 5.50. The number of aromatic nitrogens is 4. The highest BCUT2D eigenvalue weighted by Crippen LogP contribution is 2.31. The minimum absolute atomic E-state index is 0.450. The highest BCUT2D eigenvalue weighted by atomic mass is 32.1. The van der Waals surface area contributed by atoms with Crippen LogP contribution in [-0.2, 0) is 6.54 Å². The summed E-state index contributed by atoms with van der Waals surface area (Å²) in [5.74, 6) is 1.22. The number of fused-ring (bicyclic) bond motifs is 1. The number of anilines is 1. The van der Waals surface area contributed by atoms with Gasteiger partial charge in [0.05, 0.1) is 22.1 Å². The smallest absolute Gasteiger partial charge is 0.257 e. The van der Waals surface area contributed by atoms with Gasteiger partial charge in [0, 0.05) is 30.1 Å². The molecule has 3 aromatic heterocycles. The molecule has 0 aliphatic carbocycles. The second kappa shape index (κ2) is 6.68. The first-order valence-corrected chi connectivity index (χ1v) is 8.49. The molecule has 0 unspecified atom stereocenters. The van der Waals surface area contributed by atoms with Crippen LogP contribution in [0.1, 0.15) is 0 Å². The van der Waals surface area contributed by atoms with Crippen LogP contribution >= 0.6 is 11.3 Å². The van der Waals surface area contributed by atoms with E-state index >= 15 is 0 Å². The number of nitrogens with two attached hydrogens (primary N) is 1. The molecular weight excluding hydrogens is 360 g/mol. The van der Waals surface area contributed by atoms with Crippen molar-refractivity contribution in [1.82, 2.24) is 19.7 Å². The van der Waals surface area contributed by atoms with Gasteiger partial charge in [-0.05, 0) is 18.2 Å². The van der Waals surface area contributed by atoms with Crippen LogP contribution in [0.25, 0.3) is 21.5 Å². The Kier molecular flexibility index (Phi) is 4.21. The zero-order valence-corrected chi connectivity index (χ0v) is 14.2. The van der Waals surface area contributed by atoms with Crippen LogP contribution in [0, 0.1) is 0 Å². The predicted molar refractivity (Wildman–Crippen MR) is 95.6 cm³/mol. The van der Waals surface area contributed by atoms with Gasteiger partial charge in [0.2, 0.25) is 0 Å². The zero-order chi connectivity index (χ0) is 18.1. The van der Waals surface area contributed by atoms with Crippen LogP contribution in [-0.4, -0.2) is 26.2 Å². The molecule has 0 saturated heterocycles. The van der Waals surface area contributed by atoms with Crippen molar-refractivity contribution in [1.29, 1.82) is 0 Å². The Hall–Kier alpha value is -3.07. The number of benzene rings is 1. The van der Waals surface area contributed by atoms with E-state index in [0.717, 1.165) is 10.2 Å².